The highest BCUT2D eigenvalue weighted by molar-refractivity contribution is 7.89. The predicted molar refractivity (Wildman–Crippen MR) is 108 cm³/mol. The lowest BCUT2D eigenvalue weighted by Crippen LogP contribution is -2.49. The molecule has 0 radical (unpaired) electrons. The molecule has 0 bridgehead atoms. The average molecular weight is 373 g/mol. The van der Waals surface area contributed by atoms with Crippen molar-refractivity contribution in [2.24, 2.45) is 0 Å². The number of anilines is 1. The summed E-state index contributed by atoms with van der Waals surface area (Å²) < 4.78 is 26.9. The fourth-order valence-corrected chi connectivity index (χ4v) is 4.79. The molecular formula is C21H28N2O2S. The highest BCUT2D eigenvalue weighted by atomic mass is 32.2. The van der Waals surface area contributed by atoms with Gasteiger partial charge in [-0.05, 0) is 35.6 Å². The zero-order valence-electron chi connectivity index (χ0n) is 15.6. The number of hydrogen-bond acceptors (Lipinski definition) is 3. The van der Waals surface area contributed by atoms with Crippen molar-refractivity contribution in [1.82, 2.24) is 4.31 Å². The van der Waals surface area contributed by atoms with E-state index in [1.54, 1.807) is 4.31 Å². The predicted octanol–water partition coefficient (Wildman–Crippen LogP) is 3.50. The van der Waals surface area contributed by atoms with Gasteiger partial charge >= 0.3 is 0 Å². The van der Waals surface area contributed by atoms with Gasteiger partial charge in [0.25, 0.3) is 0 Å². The van der Waals surface area contributed by atoms with Gasteiger partial charge in [-0.25, -0.2) is 8.42 Å². The van der Waals surface area contributed by atoms with Crippen LogP contribution in [0.4, 0.5) is 5.69 Å². The molecule has 0 saturated carbocycles. The minimum atomic E-state index is -3.20. The van der Waals surface area contributed by atoms with Crippen molar-refractivity contribution < 1.29 is 8.42 Å². The van der Waals surface area contributed by atoms with Crippen molar-refractivity contribution in [2.75, 3.05) is 36.8 Å². The third-order valence-corrected chi connectivity index (χ3v) is 6.92. The van der Waals surface area contributed by atoms with Gasteiger partial charge < -0.3 is 4.90 Å². The van der Waals surface area contributed by atoms with Crippen LogP contribution in [-0.4, -0.2) is 44.7 Å². The van der Waals surface area contributed by atoms with Gasteiger partial charge in [-0.15, -0.1) is 0 Å². The largest absolute Gasteiger partial charge is 0.369 e. The molecule has 5 heteroatoms. The van der Waals surface area contributed by atoms with Gasteiger partial charge in [0.2, 0.25) is 10.0 Å². The molecule has 0 aliphatic carbocycles. The van der Waals surface area contributed by atoms with Crippen molar-refractivity contribution in [3.05, 3.63) is 65.7 Å². The fraction of sp³-hybridized carbons (Fsp3) is 0.429. The Morgan fingerprint density at radius 2 is 1.50 bits per heavy atom. The van der Waals surface area contributed by atoms with Crippen LogP contribution in [0.1, 0.15) is 30.9 Å². The molecule has 140 valence electrons. The number of rotatable bonds is 6. The number of piperazine rings is 1. The Bertz CT molecular complexity index is 794. The van der Waals surface area contributed by atoms with E-state index in [1.807, 2.05) is 30.3 Å². The minimum absolute atomic E-state index is 0.181. The fourth-order valence-electron chi connectivity index (χ4n) is 3.32. The summed E-state index contributed by atoms with van der Waals surface area (Å²) in [7, 11) is -3.20. The first-order valence-corrected chi connectivity index (χ1v) is 10.9. The third kappa shape index (κ3) is 4.65. The summed E-state index contributed by atoms with van der Waals surface area (Å²) in [4.78, 5) is 2.27. The van der Waals surface area contributed by atoms with Gasteiger partial charge in [0, 0.05) is 31.9 Å². The summed E-state index contributed by atoms with van der Waals surface area (Å²) >= 11 is 0. The molecule has 0 spiro atoms. The number of aryl methyl sites for hydroxylation is 1. The number of benzene rings is 2. The lowest BCUT2D eigenvalue weighted by Gasteiger charge is -2.35. The quantitative estimate of drug-likeness (QED) is 0.779. The Morgan fingerprint density at radius 1 is 0.885 bits per heavy atom. The van der Waals surface area contributed by atoms with E-state index in [2.05, 4.69) is 43.0 Å². The van der Waals surface area contributed by atoms with Crippen LogP contribution < -0.4 is 4.90 Å². The zero-order valence-corrected chi connectivity index (χ0v) is 16.5. The standard InChI is InChI=1S/C21H28N2O2S/c1-18(2)20-8-10-21(11-9-20)22-13-15-23(16-14-22)26(24,25)17-12-19-6-4-3-5-7-19/h3-11,18H,12-17H2,1-2H3. The minimum Gasteiger partial charge on any atom is -0.369 e. The topological polar surface area (TPSA) is 40.6 Å². The molecular weight excluding hydrogens is 344 g/mol. The lowest BCUT2D eigenvalue weighted by molar-refractivity contribution is 0.385. The highest BCUT2D eigenvalue weighted by Gasteiger charge is 2.26. The second-order valence-corrected chi connectivity index (χ2v) is 9.27. The summed E-state index contributed by atoms with van der Waals surface area (Å²) in [5.41, 5.74) is 3.58. The van der Waals surface area contributed by atoms with Gasteiger partial charge in [0.1, 0.15) is 0 Å². The molecule has 26 heavy (non-hydrogen) atoms. The van der Waals surface area contributed by atoms with E-state index in [9.17, 15) is 8.42 Å². The number of sulfonamides is 1. The Kier molecular flexibility index (Phi) is 5.99. The molecule has 0 amide bonds. The maximum atomic E-state index is 12.6. The van der Waals surface area contributed by atoms with Gasteiger partial charge in [0.05, 0.1) is 5.75 Å². The first-order chi connectivity index (χ1) is 12.5. The molecule has 1 saturated heterocycles. The van der Waals surface area contributed by atoms with E-state index in [4.69, 9.17) is 0 Å². The van der Waals surface area contributed by atoms with Crippen LogP contribution >= 0.6 is 0 Å². The van der Waals surface area contributed by atoms with E-state index in [1.165, 1.54) is 11.3 Å². The Labute approximate surface area is 157 Å². The van der Waals surface area contributed by atoms with Crippen molar-refractivity contribution >= 4 is 15.7 Å². The Hall–Kier alpha value is -1.85. The number of nitrogens with zero attached hydrogens (tertiary/aromatic N) is 2. The van der Waals surface area contributed by atoms with Crippen molar-refractivity contribution in [1.29, 1.82) is 0 Å². The van der Waals surface area contributed by atoms with Gasteiger partial charge in [-0.3, -0.25) is 0 Å². The lowest BCUT2D eigenvalue weighted by atomic mass is 10.0. The van der Waals surface area contributed by atoms with Crippen LogP contribution in [0.3, 0.4) is 0 Å². The van der Waals surface area contributed by atoms with Crippen LogP contribution in [0.5, 0.6) is 0 Å². The van der Waals surface area contributed by atoms with Gasteiger partial charge in [-0.1, -0.05) is 56.3 Å². The summed E-state index contributed by atoms with van der Waals surface area (Å²) in [5, 5.41) is 0. The molecule has 1 aliphatic rings. The van der Waals surface area contributed by atoms with Crippen LogP contribution in [-0.2, 0) is 16.4 Å². The highest BCUT2D eigenvalue weighted by Crippen LogP contribution is 2.22. The van der Waals surface area contributed by atoms with E-state index in [-0.39, 0.29) is 5.75 Å². The second-order valence-electron chi connectivity index (χ2n) is 7.18. The van der Waals surface area contributed by atoms with Crippen molar-refractivity contribution in [2.45, 2.75) is 26.2 Å². The molecule has 4 nitrogen and oxygen atoms in total. The van der Waals surface area contributed by atoms with E-state index in [0.29, 0.717) is 25.4 Å². The molecule has 0 aromatic heterocycles. The third-order valence-electron chi connectivity index (χ3n) is 5.05. The van der Waals surface area contributed by atoms with Crippen molar-refractivity contribution in [3.63, 3.8) is 0 Å². The maximum absolute atomic E-state index is 12.6. The summed E-state index contributed by atoms with van der Waals surface area (Å²) in [6.07, 6.45) is 0.569. The Morgan fingerprint density at radius 3 is 2.08 bits per heavy atom. The molecule has 3 rings (SSSR count). The SMILES string of the molecule is CC(C)c1ccc(N2CCN(S(=O)(=O)CCc3ccccc3)CC2)cc1. The first-order valence-electron chi connectivity index (χ1n) is 9.32. The van der Waals surface area contributed by atoms with Crippen LogP contribution in [0.25, 0.3) is 0 Å². The normalized spacial score (nSPS) is 16.2. The van der Waals surface area contributed by atoms with Crippen LogP contribution in [0.15, 0.2) is 54.6 Å². The number of hydrogen-bond donors (Lipinski definition) is 0. The molecule has 0 atom stereocenters. The Balaban J connectivity index is 1.55. The smallest absolute Gasteiger partial charge is 0.214 e. The van der Waals surface area contributed by atoms with Crippen LogP contribution in [0.2, 0.25) is 0 Å². The van der Waals surface area contributed by atoms with Gasteiger partial charge in [-0.2, -0.15) is 4.31 Å². The molecule has 2 aromatic carbocycles. The molecule has 1 aliphatic heterocycles. The molecule has 0 N–H and O–H groups in total. The molecule has 1 heterocycles. The van der Waals surface area contributed by atoms with E-state index >= 15 is 0 Å². The van der Waals surface area contributed by atoms with Crippen LogP contribution in [0, 0.1) is 0 Å². The van der Waals surface area contributed by atoms with Crippen molar-refractivity contribution in [3.8, 4) is 0 Å². The zero-order chi connectivity index (χ0) is 18.6. The van der Waals surface area contributed by atoms with E-state index < -0.39 is 10.0 Å². The molecule has 2 aromatic rings. The monoisotopic (exact) mass is 372 g/mol. The van der Waals surface area contributed by atoms with E-state index in [0.717, 1.165) is 18.7 Å². The summed E-state index contributed by atoms with van der Waals surface area (Å²) in [5.74, 6) is 0.704. The summed E-state index contributed by atoms with van der Waals surface area (Å²) in [6, 6.07) is 18.4. The molecule has 0 unspecified atom stereocenters. The molecule has 1 fully saturated rings. The maximum Gasteiger partial charge on any atom is 0.214 e. The first kappa shape index (κ1) is 18.9. The van der Waals surface area contributed by atoms with Gasteiger partial charge in [0.15, 0.2) is 0 Å². The second kappa shape index (κ2) is 8.23. The summed E-state index contributed by atoms with van der Waals surface area (Å²) in [6.45, 7) is 6.98. The average Bonchev–Trinajstić information content (AvgIpc) is 2.67.